The normalized spacial score (nSPS) is 16.2. The molecule has 0 aromatic carbocycles. The maximum Gasteiger partial charge on any atom is 0.222 e. The number of carbonyl (C=O) groups is 1. The zero-order valence-corrected chi connectivity index (χ0v) is 12.5. The number of nitrogens with zero attached hydrogens (tertiary/aromatic N) is 2. The van der Waals surface area contributed by atoms with Gasteiger partial charge in [0.05, 0.1) is 6.61 Å². The number of hydrogen-bond donors (Lipinski definition) is 2. The zero-order valence-electron chi connectivity index (χ0n) is 11.7. The largest absolute Gasteiger partial charge is 0.395 e. The molecule has 6 heteroatoms. The highest BCUT2D eigenvalue weighted by atomic mass is 35.5. The van der Waals surface area contributed by atoms with Crippen LogP contribution < -0.4 is 5.73 Å². The molecule has 1 amide bonds. The SMILES string of the molecule is Cl.NCCCCCCC(=O)N1CCN(CCO)CC1. The summed E-state index contributed by atoms with van der Waals surface area (Å²) in [6, 6.07) is 0. The van der Waals surface area contributed by atoms with E-state index >= 15 is 0 Å². The fraction of sp³-hybridized carbons (Fsp3) is 0.923. The lowest BCUT2D eigenvalue weighted by Gasteiger charge is -2.34. The van der Waals surface area contributed by atoms with Crippen LogP contribution in [0.5, 0.6) is 0 Å². The van der Waals surface area contributed by atoms with Crippen molar-refractivity contribution in [1.29, 1.82) is 0 Å². The first-order valence-corrected chi connectivity index (χ1v) is 7.09. The molecule has 0 unspecified atom stereocenters. The summed E-state index contributed by atoms with van der Waals surface area (Å²) in [6.45, 7) is 5.07. The number of hydrogen-bond acceptors (Lipinski definition) is 4. The van der Waals surface area contributed by atoms with E-state index in [9.17, 15) is 4.79 Å². The molecule has 3 N–H and O–H groups in total. The maximum absolute atomic E-state index is 11.9. The second kappa shape index (κ2) is 11.5. The first-order chi connectivity index (χ1) is 8.77. The average Bonchev–Trinajstić information content (AvgIpc) is 2.39. The minimum atomic E-state index is 0. The predicted molar refractivity (Wildman–Crippen MR) is 79.5 cm³/mol. The van der Waals surface area contributed by atoms with Crippen molar-refractivity contribution in [1.82, 2.24) is 9.80 Å². The summed E-state index contributed by atoms with van der Waals surface area (Å²) >= 11 is 0. The molecular formula is C13H28ClN3O2. The third kappa shape index (κ3) is 7.72. The number of halogens is 1. The van der Waals surface area contributed by atoms with Gasteiger partial charge < -0.3 is 15.7 Å². The van der Waals surface area contributed by atoms with Gasteiger partial charge in [-0.05, 0) is 19.4 Å². The van der Waals surface area contributed by atoms with Crippen molar-refractivity contribution in [2.75, 3.05) is 45.9 Å². The van der Waals surface area contributed by atoms with E-state index in [1.165, 1.54) is 0 Å². The van der Waals surface area contributed by atoms with Gasteiger partial charge in [0.15, 0.2) is 0 Å². The topological polar surface area (TPSA) is 69.8 Å². The van der Waals surface area contributed by atoms with Gasteiger partial charge in [-0.2, -0.15) is 0 Å². The van der Waals surface area contributed by atoms with Crippen LogP contribution in [0.1, 0.15) is 32.1 Å². The molecule has 0 bridgehead atoms. The third-order valence-electron chi connectivity index (χ3n) is 3.49. The Labute approximate surface area is 122 Å². The number of aliphatic hydroxyl groups excluding tert-OH is 1. The molecule has 1 fully saturated rings. The number of amides is 1. The molecule has 114 valence electrons. The number of aliphatic hydroxyl groups is 1. The minimum absolute atomic E-state index is 0. The van der Waals surface area contributed by atoms with Crippen LogP contribution >= 0.6 is 12.4 Å². The van der Waals surface area contributed by atoms with E-state index in [1.54, 1.807) is 0 Å². The summed E-state index contributed by atoms with van der Waals surface area (Å²) in [6.07, 6.45) is 4.95. The minimum Gasteiger partial charge on any atom is -0.395 e. The highest BCUT2D eigenvalue weighted by Gasteiger charge is 2.19. The van der Waals surface area contributed by atoms with Gasteiger partial charge in [-0.3, -0.25) is 9.69 Å². The highest BCUT2D eigenvalue weighted by Crippen LogP contribution is 2.08. The van der Waals surface area contributed by atoms with Gasteiger partial charge in [-0.25, -0.2) is 0 Å². The highest BCUT2D eigenvalue weighted by molar-refractivity contribution is 5.85. The Morgan fingerprint density at radius 3 is 2.26 bits per heavy atom. The molecule has 0 spiro atoms. The Morgan fingerprint density at radius 2 is 1.68 bits per heavy atom. The van der Waals surface area contributed by atoms with Crippen molar-refractivity contribution in [2.45, 2.75) is 32.1 Å². The molecule has 0 aromatic heterocycles. The smallest absolute Gasteiger partial charge is 0.222 e. The predicted octanol–water partition coefficient (Wildman–Crippen LogP) is 0.454. The van der Waals surface area contributed by atoms with Crippen molar-refractivity contribution < 1.29 is 9.90 Å². The van der Waals surface area contributed by atoms with Crippen LogP contribution in [-0.4, -0.2) is 66.7 Å². The maximum atomic E-state index is 11.9. The lowest BCUT2D eigenvalue weighted by atomic mass is 10.1. The van der Waals surface area contributed by atoms with Crippen LogP contribution in [0.15, 0.2) is 0 Å². The number of piperazine rings is 1. The Balaban J connectivity index is 0.00000324. The van der Waals surface area contributed by atoms with Crippen LogP contribution in [0.25, 0.3) is 0 Å². The molecule has 0 radical (unpaired) electrons. The number of β-amino-alcohol motifs (C(OH)–C–C–N with tert-alkyl or cyclic N) is 1. The van der Waals surface area contributed by atoms with Gasteiger partial charge in [0, 0.05) is 39.1 Å². The fourth-order valence-electron chi connectivity index (χ4n) is 2.29. The molecule has 0 aliphatic carbocycles. The van der Waals surface area contributed by atoms with E-state index in [0.717, 1.165) is 65.0 Å². The molecule has 19 heavy (non-hydrogen) atoms. The van der Waals surface area contributed by atoms with Crippen LogP contribution in [0.4, 0.5) is 0 Å². The van der Waals surface area contributed by atoms with Crippen LogP contribution in [0, 0.1) is 0 Å². The van der Waals surface area contributed by atoms with Crippen molar-refractivity contribution in [3.05, 3.63) is 0 Å². The molecule has 1 aliphatic rings. The Hall–Kier alpha value is -0.360. The molecular weight excluding hydrogens is 266 g/mol. The van der Waals surface area contributed by atoms with E-state index in [2.05, 4.69) is 4.90 Å². The third-order valence-corrected chi connectivity index (χ3v) is 3.49. The molecule has 1 rings (SSSR count). The quantitative estimate of drug-likeness (QED) is 0.638. The van der Waals surface area contributed by atoms with E-state index in [4.69, 9.17) is 10.8 Å². The fourth-order valence-corrected chi connectivity index (χ4v) is 2.29. The molecule has 0 aromatic rings. The molecule has 1 saturated heterocycles. The van der Waals surface area contributed by atoms with Crippen LogP contribution in [0.2, 0.25) is 0 Å². The molecule has 1 heterocycles. The standard InChI is InChI=1S/C13H27N3O2.ClH/c14-6-4-2-1-3-5-13(18)16-9-7-15(8-10-16)11-12-17;/h17H,1-12,14H2;1H. The van der Waals surface area contributed by atoms with Crippen molar-refractivity contribution in [3.63, 3.8) is 0 Å². The second-order valence-corrected chi connectivity index (χ2v) is 4.90. The number of rotatable bonds is 8. The van der Waals surface area contributed by atoms with Crippen molar-refractivity contribution >= 4 is 18.3 Å². The summed E-state index contributed by atoms with van der Waals surface area (Å²) < 4.78 is 0. The van der Waals surface area contributed by atoms with Gasteiger partial charge in [0.2, 0.25) is 5.91 Å². The van der Waals surface area contributed by atoms with E-state index in [1.807, 2.05) is 4.90 Å². The Kier molecular flexibility index (Phi) is 11.2. The zero-order chi connectivity index (χ0) is 13.2. The first kappa shape index (κ1) is 18.6. The van der Waals surface area contributed by atoms with E-state index < -0.39 is 0 Å². The molecule has 0 atom stereocenters. The van der Waals surface area contributed by atoms with E-state index in [-0.39, 0.29) is 24.9 Å². The summed E-state index contributed by atoms with van der Waals surface area (Å²) in [5.74, 6) is 0.284. The number of nitrogens with two attached hydrogens (primary N) is 1. The van der Waals surface area contributed by atoms with Gasteiger partial charge >= 0.3 is 0 Å². The van der Waals surface area contributed by atoms with Gasteiger partial charge in [-0.15, -0.1) is 12.4 Å². The van der Waals surface area contributed by atoms with Gasteiger partial charge in [0.1, 0.15) is 0 Å². The Morgan fingerprint density at radius 1 is 1.05 bits per heavy atom. The molecule has 5 nitrogen and oxygen atoms in total. The summed E-state index contributed by atoms with van der Waals surface area (Å²) in [4.78, 5) is 16.1. The average molecular weight is 294 g/mol. The monoisotopic (exact) mass is 293 g/mol. The van der Waals surface area contributed by atoms with Crippen LogP contribution in [0.3, 0.4) is 0 Å². The van der Waals surface area contributed by atoms with E-state index in [0.29, 0.717) is 6.42 Å². The van der Waals surface area contributed by atoms with Crippen LogP contribution in [-0.2, 0) is 4.79 Å². The summed E-state index contributed by atoms with van der Waals surface area (Å²) in [7, 11) is 0. The summed E-state index contributed by atoms with van der Waals surface area (Å²) in [5, 5.41) is 8.85. The number of carbonyl (C=O) groups excluding carboxylic acids is 1. The van der Waals surface area contributed by atoms with Crippen molar-refractivity contribution in [2.24, 2.45) is 5.73 Å². The Bertz CT molecular complexity index is 234. The molecule has 1 aliphatic heterocycles. The molecule has 0 saturated carbocycles. The lowest BCUT2D eigenvalue weighted by molar-refractivity contribution is -0.133. The lowest BCUT2D eigenvalue weighted by Crippen LogP contribution is -2.49. The van der Waals surface area contributed by atoms with Gasteiger partial charge in [0.25, 0.3) is 0 Å². The first-order valence-electron chi connectivity index (χ1n) is 7.09. The number of unbranched alkanes of at least 4 members (excludes halogenated alkanes) is 3. The second-order valence-electron chi connectivity index (χ2n) is 4.90. The van der Waals surface area contributed by atoms with Gasteiger partial charge in [-0.1, -0.05) is 12.8 Å². The van der Waals surface area contributed by atoms with Crippen molar-refractivity contribution in [3.8, 4) is 0 Å². The summed E-state index contributed by atoms with van der Waals surface area (Å²) in [5.41, 5.74) is 5.43.